The third-order valence-corrected chi connectivity index (χ3v) is 2.70. The maximum atomic E-state index is 6.05. The lowest BCUT2D eigenvalue weighted by Crippen LogP contribution is -2.29. The highest BCUT2D eigenvalue weighted by Gasteiger charge is 2.30. The van der Waals surface area contributed by atoms with Crippen molar-refractivity contribution in [1.29, 1.82) is 0 Å². The van der Waals surface area contributed by atoms with Gasteiger partial charge in [0.15, 0.2) is 0 Å². The Morgan fingerprint density at radius 1 is 1.58 bits per heavy atom. The molecule has 2 nitrogen and oxygen atoms in total. The zero-order chi connectivity index (χ0) is 8.77. The number of H-pyrrole nitrogens is 1. The summed E-state index contributed by atoms with van der Waals surface area (Å²) in [4.78, 5) is 3.26. The molecule has 0 bridgehead atoms. The Kier molecular flexibility index (Phi) is 1.55. The van der Waals surface area contributed by atoms with E-state index in [2.05, 4.69) is 24.9 Å². The number of rotatable bonds is 0. The predicted molar refractivity (Wildman–Crippen MR) is 49.8 cm³/mol. The molecule has 1 aromatic rings. The van der Waals surface area contributed by atoms with Crippen molar-refractivity contribution in [3.63, 3.8) is 0 Å². The van der Waals surface area contributed by atoms with Crippen molar-refractivity contribution in [3.8, 4) is 0 Å². The van der Waals surface area contributed by atoms with Crippen LogP contribution in [0, 0.1) is 5.41 Å². The first-order chi connectivity index (χ1) is 5.58. The summed E-state index contributed by atoms with van der Waals surface area (Å²) in [6.45, 7) is 4.55. The summed E-state index contributed by atoms with van der Waals surface area (Å²) in [5, 5.41) is 0. The van der Waals surface area contributed by atoms with Crippen LogP contribution in [0.25, 0.3) is 0 Å². The molecule has 0 radical (unpaired) electrons. The molecule has 2 heteroatoms. The molecule has 1 aliphatic rings. The minimum absolute atomic E-state index is 0.231. The third kappa shape index (κ3) is 1.16. The standard InChI is InChI=1S/C10H16N2/c1-10(2)5-8(11)7-3-4-12-9(7)6-10/h3-4,8,12H,5-6,11H2,1-2H3. The molecule has 0 fully saturated rings. The van der Waals surface area contributed by atoms with Crippen LogP contribution in [-0.2, 0) is 6.42 Å². The Morgan fingerprint density at radius 3 is 3.08 bits per heavy atom. The molecule has 0 saturated heterocycles. The van der Waals surface area contributed by atoms with Gasteiger partial charge >= 0.3 is 0 Å². The summed E-state index contributed by atoms with van der Waals surface area (Å²) in [5.41, 5.74) is 9.05. The van der Waals surface area contributed by atoms with Crippen molar-refractivity contribution < 1.29 is 0 Å². The minimum Gasteiger partial charge on any atom is -0.365 e. The van der Waals surface area contributed by atoms with Crippen LogP contribution in [0.3, 0.4) is 0 Å². The second-order valence-corrected chi connectivity index (χ2v) is 4.56. The van der Waals surface area contributed by atoms with Gasteiger partial charge in [-0.1, -0.05) is 13.8 Å². The van der Waals surface area contributed by atoms with Crippen molar-refractivity contribution in [1.82, 2.24) is 4.98 Å². The van der Waals surface area contributed by atoms with Gasteiger partial charge in [-0.2, -0.15) is 0 Å². The van der Waals surface area contributed by atoms with Crippen LogP contribution >= 0.6 is 0 Å². The summed E-state index contributed by atoms with van der Waals surface area (Å²) in [6, 6.07) is 2.34. The van der Waals surface area contributed by atoms with E-state index in [4.69, 9.17) is 5.73 Å². The molecule has 3 N–H and O–H groups in total. The molecular formula is C10H16N2. The predicted octanol–water partition coefficient (Wildman–Crippen LogP) is 1.99. The van der Waals surface area contributed by atoms with E-state index in [0.29, 0.717) is 5.41 Å². The molecule has 12 heavy (non-hydrogen) atoms. The molecule has 0 saturated carbocycles. The van der Waals surface area contributed by atoms with Crippen molar-refractivity contribution in [2.24, 2.45) is 11.1 Å². The molecule has 1 atom stereocenters. The Balaban J connectivity index is 2.38. The van der Waals surface area contributed by atoms with Crippen molar-refractivity contribution in [3.05, 3.63) is 23.5 Å². The van der Waals surface area contributed by atoms with E-state index in [9.17, 15) is 0 Å². The van der Waals surface area contributed by atoms with Gasteiger partial charge in [0, 0.05) is 17.9 Å². The van der Waals surface area contributed by atoms with E-state index in [0.717, 1.165) is 12.8 Å². The monoisotopic (exact) mass is 164 g/mol. The van der Waals surface area contributed by atoms with Gasteiger partial charge in [0.1, 0.15) is 0 Å². The number of fused-ring (bicyclic) bond motifs is 1. The van der Waals surface area contributed by atoms with Crippen molar-refractivity contribution in [2.45, 2.75) is 32.7 Å². The molecule has 0 amide bonds. The lowest BCUT2D eigenvalue weighted by atomic mass is 9.75. The molecule has 1 heterocycles. The van der Waals surface area contributed by atoms with Gasteiger partial charge in [-0.15, -0.1) is 0 Å². The largest absolute Gasteiger partial charge is 0.365 e. The van der Waals surface area contributed by atoms with Gasteiger partial charge in [0.05, 0.1) is 0 Å². The molecule has 1 unspecified atom stereocenters. The number of hydrogen-bond acceptors (Lipinski definition) is 1. The van der Waals surface area contributed by atoms with Gasteiger partial charge in [-0.3, -0.25) is 0 Å². The summed E-state index contributed by atoms with van der Waals surface area (Å²) in [7, 11) is 0. The quantitative estimate of drug-likeness (QED) is 0.605. The summed E-state index contributed by atoms with van der Waals surface area (Å²) in [6.07, 6.45) is 4.22. The number of aromatic nitrogens is 1. The number of nitrogens with two attached hydrogens (primary N) is 1. The van der Waals surface area contributed by atoms with E-state index in [1.54, 1.807) is 0 Å². The maximum absolute atomic E-state index is 6.05. The number of aromatic amines is 1. The maximum Gasteiger partial charge on any atom is 0.0317 e. The fourth-order valence-electron chi connectivity index (χ4n) is 2.17. The van der Waals surface area contributed by atoms with Crippen LogP contribution in [-0.4, -0.2) is 4.98 Å². The van der Waals surface area contributed by atoms with Crippen molar-refractivity contribution in [2.75, 3.05) is 0 Å². The van der Waals surface area contributed by atoms with Gasteiger partial charge in [-0.05, 0) is 29.9 Å². The molecule has 0 aromatic carbocycles. The summed E-state index contributed by atoms with van der Waals surface area (Å²) in [5.74, 6) is 0. The zero-order valence-electron chi connectivity index (χ0n) is 7.72. The topological polar surface area (TPSA) is 41.8 Å². The number of hydrogen-bond donors (Lipinski definition) is 2. The zero-order valence-corrected chi connectivity index (χ0v) is 7.72. The Bertz CT molecular complexity index is 286. The normalized spacial score (nSPS) is 26.8. The molecule has 0 aliphatic heterocycles. The molecular weight excluding hydrogens is 148 g/mol. The summed E-state index contributed by atoms with van der Waals surface area (Å²) < 4.78 is 0. The van der Waals surface area contributed by atoms with E-state index in [-0.39, 0.29) is 6.04 Å². The smallest absolute Gasteiger partial charge is 0.0317 e. The van der Waals surface area contributed by atoms with Crippen LogP contribution in [0.15, 0.2) is 12.3 Å². The van der Waals surface area contributed by atoms with E-state index in [1.165, 1.54) is 11.3 Å². The minimum atomic E-state index is 0.231. The molecule has 66 valence electrons. The highest BCUT2D eigenvalue weighted by molar-refractivity contribution is 5.28. The second-order valence-electron chi connectivity index (χ2n) is 4.56. The highest BCUT2D eigenvalue weighted by atomic mass is 14.8. The van der Waals surface area contributed by atoms with Crippen LogP contribution in [0.1, 0.15) is 37.6 Å². The average molecular weight is 164 g/mol. The summed E-state index contributed by atoms with van der Waals surface area (Å²) >= 11 is 0. The van der Waals surface area contributed by atoms with Gasteiger partial charge in [0.25, 0.3) is 0 Å². The van der Waals surface area contributed by atoms with E-state index < -0.39 is 0 Å². The average Bonchev–Trinajstić information content (AvgIpc) is 2.31. The first-order valence-electron chi connectivity index (χ1n) is 4.50. The second kappa shape index (κ2) is 2.36. The van der Waals surface area contributed by atoms with Gasteiger partial charge < -0.3 is 10.7 Å². The third-order valence-electron chi connectivity index (χ3n) is 2.70. The Hall–Kier alpha value is -0.760. The van der Waals surface area contributed by atoms with Crippen LogP contribution in [0.2, 0.25) is 0 Å². The van der Waals surface area contributed by atoms with E-state index in [1.807, 2.05) is 6.20 Å². The fraction of sp³-hybridized carbons (Fsp3) is 0.600. The molecule has 1 aromatic heterocycles. The molecule has 0 spiro atoms. The first-order valence-corrected chi connectivity index (χ1v) is 4.50. The SMILES string of the molecule is CC1(C)Cc2[nH]ccc2C(N)C1. The van der Waals surface area contributed by atoms with E-state index >= 15 is 0 Å². The van der Waals surface area contributed by atoms with Crippen molar-refractivity contribution >= 4 is 0 Å². The van der Waals surface area contributed by atoms with Crippen LogP contribution in [0.5, 0.6) is 0 Å². The number of nitrogens with one attached hydrogen (secondary N) is 1. The van der Waals surface area contributed by atoms with Crippen LogP contribution < -0.4 is 5.73 Å². The lowest BCUT2D eigenvalue weighted by Gasteiger charge is -2.33. The molecule has 2 rings (SSSR count). The van der Waals surface area contributed by atoms with Crippen LogP contribution in [0.4, 0.5) is 0 Å². The van der Waals surface area contributed by atoms with Gasteiger partial charge in [0.2, 0.25) is 0 Å². The van der Waals surface area contributed by atoms with Gasteiger partial charge in [-0.25, -0.2) is 0 Å². The molecule has 1 aliphatic carbocycles. The highest BCUT2D eigenvalue weighted by Crippen LogP contribution is 2.38. The first kappa shape index (κ1) is 7.87. The fourth-order valence-corrected chi connectivity index (χ4v) is 2.17. The Morgan fingerprint density at radius 2 is 2.33 bits per heavy atom. The Labute approximate surface area is 73.2 Å². The lowest BCUT2D eigenvalue weighted by molar-refractivity contribution is 0.280.